The maximum absolute atomic E-state index is 12.0. The fourth-order valence-electron chi connectivity index (χ4n) is 2.21. The van der Waals surface area contributed by atoms with Gasteiger partial charge in [-0.05, 0) is 19.9 Å². The average molecular weight is 298 g/mol. The monoisotopic (exact) mass is 298 g/mol. The summed E-state index contributed by atoms with van der Waals surface area (Å²) in [6.45, 7) is 4.48. The number of likely N-dealkylation sites (tertiary alicyclic amines) is 1. The normalized spacial score (nSPS) is 18.3. The van der Waals surface area contributed by atoms with E-state index in [4.69, 9.17) is 0 Å². The topological polar surface area (TPSA) is 98.8 Å². The molecular formula is C13H22N4O4. The first kappa shape index (κ1) is 17.1. The highest BCUT2D eigenvalue weighted by Gasteiger charge is 2.40. The largest absolute Gasteiger partial charge is 0.338 e. The van der Waals surface area contributed by atoms with Gasteiger partial charge in [0.2, 0.25) is 17.7 Å². The van der Waals surface area contributed by atoms with Crippen LogP contribution in [0.5, 0.6) is 0 Å². The maximum atomic E-state index is 12.0. The van der Waals surface area contributed by atoms with Crippen LogP contribution in [0.25, 0.3) is 0 Å². The third-order valence-corrected chi connectivity index (χ3v) is 3.25. The van der Waals surface area contributed by atoms with Gasteiger partial charge in [0.05, 0.1) is 19.0 Å². The average Bonchev–Trinajstić information content (AvgIpc) is 2.66. The number of hydrogen-bond acceptors (Lipinski definition) is 5. The van der Waals surface area contributed by atoms with E-state index in [1.165, 1.54) is 7.05 Å². The number of likely N-dealkylation sites (N-methyl/N-ethyl adjacent to an activating group) is 1. The Kier molecular flexibility index (Phi) is 6.29. The van der Waals surface area contributed by atoms with Crippen LogP contribution in [0.2, 0.25) is 0 Å². The number of hydrogen-bond donors (Lipinski definition) is 2. The quantitative estimate of drug-likeness (QED) is 0.632. The summed E-state index contributed by atoms with van der Waals surface area (Å²) in [4.78, 5) is 49.4. The number of rotatable bonds is 6. The number of urea groups is 1. The number of carbonyl (C=O) groups excluding carboxylic acids is 4. The fourth-order valence-corrected chi connectivity index (χ4v) is 2.21. The molecule has 0 aromatic carbocycles. The molecule has 1 aliphatic heterocycles. The van der Waals surface area contributed by atoms with E-state index < -0.39 is 18.0 Å². The molecule has 0 radical (unpaired) electrons. The third kappa shape index (κ3) is 4.52. The summed E-state index contributed by atoms with van der Waals surface area (Å²) in [5.74, 6) is -1.06. The Bertz CT molecular complexity index is 438. The predicted molar refractivity (Wildman–Crippen MR) is 75.3 cm³/mol. The molecule has 1 aliphatic rings. The van der Waals surface area contributed by atoms with Crippen molar-refractivity contribution in [3.63, 3.8) is 0 Å². The van der Waals surface area contributed by atoms with Gasteiger partial charge in [-0.15, -0.1) is 0 Å². The highest BCUT2D eigenvalue weighted by atomic mass is 16.2. The van der Waals surface area contributed by atoms with Gasteiger partial charge in [-0.25, -0.2) is 4.79 Å². The van der Waals surface area contributed by atoms with Gasteiger partial charge in [-0.2, -0.15) is 0 Å². The molecule has 5 amide bonds. The molecule has 8 nitrogen and oxygen atoms in total. The number of carbonyl (C=O) groups is 4. The lowest BCUT2D eigenvalue weighted by molar-refractivity contribution is -0.138. The molecule has 0 aromatic heterocycles. The van der Waals surface area contributed by atoms with Crippen LogP contribution in [-0.4, -0.2) is 66.3 Å². The Labute approximate surface area is 123 Å². The summed E-state index contributed by atoms with van der Waals surface area (Å²) in [6.07, 6.45) is 0.805. The summed E-state index contributed by atoms with van der Waals surface area (Å²) in [5, 5.41) is 4.65. The summed E-state index contributed by atoms with van der Waals surface area (Å²) < 4.78 is 0. The van der Waals surface area contributed by atoms with E-state index in [0.29, 0.717) is 13.1 Å². The zero-order valence-corrected chi connectivity index (χ0v) is 12.6. The third-order valence-electron chi connectivity index (χ3n) is 3.25. The maximum Gasteiger partial charge on any atom is 0.321 e. The van der Waals surface area contributed by atoms with Crippen molar-refractivity contribution < 1.29 is 19.2 Å². The van der Waals surface area contributed by atoms with Crippen LogP contribution in [-0.2, 0) is 14.4 Å². The van der Waals surface area contributed by atoms with Crippen molar-refractivity contribution in [1.82, 2.24) is 20.4 Å². The van der Waals surface area contributed by atoms with Gasteiger partial charge in [-0.1, -0.05) is 6.92 Å². The van der Waals surface area contributed by atoms with E-state index in [2.05, 4.69) is 10.6 Å². The smallest absolute Gasteiger partial charge is 0.321 e. The summed E-state index contributed by atoms with van der Waals surface area (Å²) in [6, 6.07) is -1.19. The Morgan fingerprint density at radius 1 is 1.33 bits per heavy atom. The van der Waals surface area contributed by atoms with E-state index in [1.54, 1.807) is 11.8 Å². The van der Waals surface area contributed by atoms with Crippen molar-refractivity contribution in [1.29, 1.82) is 0 Å². The van der Waals surface area contributed by atoms with E-state index in [9.17, 15) is 19.2 Å². The second-order valence-corrected chi connectivity index (χ2v) is 4.89. The molecule has 1 saturated heterocycles. The van der Waals surface area contributed by atoms with Gasteiger partial charge in [0.15, 0.2) is 0 Å². The predicted octanol–water partition coefficient (Wildman–Crippen LogP) is -0.699. The lowest BCUT2D eigenvalue weighted by atomic mass is 10.2. The van der Waals surface area contributed by atoms with Gasteiger partial charge in [0.1, 0.15) is 0 Å². The number of imide groups is 2. The number of nitrogens with zero attached hydrogens (tertiary/aromatic N) is 2. The summed E-state index contributed by atoms with van der Waals surface area (Å²) in [7, 11) is 1.43. The van der Waals surface area contributed by atoms with Crippen LogP contribution >= 0.6 is 0 Å². The van der Waals surface area contributed by atoms with Crippen LogP contribution < -0.4 is 10.6 Å². The van der Waals surface area contributed by atoms with Gasteiger partial charge < -0.3 is 5.32 Å². The molecule has 0 aromatic rings. The summed E-state index contributed by atoms with van der Waals surface area (Å²) in [5.41, 5.74) is 0. The van der Waals surface area contributed by atoms with E-state index in [0.717, 1.165) is 11.3 Å². The lowest BCUT2D eigenvalue weighted by Gasteiger charge is -2.25. The first-order valence-electron chi connectivity index (χ1n) is 7.02. The molecule has 1 fully saturated rings. The van der Waals surface area contributed by atoms with Crippen LogP contribution in [0, 0.1) is 0 Å². The van der Waals surface area contributed by atoms with Crippen molar-refractivity contribution >= 4 is 23.8 Å². The van der Waals surface area contributed by atoms with Gasteiger partial charge in [0.25, 0.3) is 0 Å². The molecule has 2 N–H and O–H groups in total. The van der Waals surface area contributed by atoms with E-state index in [1.807, 2.05) is 6.92 Å². The molecule has 1 heterocycles. The van der Waals surface area contributed by atoms with Crippen molar-refractivity contribution in [2.45, 2.75) is 32.7 Å². The van der Waals surface area contributed by atoms with Crippen LogP contribution in [0.15, 0.2) is 0 Å². The Balaban J connectivity index is 2.66. The Morgan fingerprint density at radius 2 is 2.00 bits per heavy atom. The Hall–Kier alpha value is -1.96. The fraction of sp³-hybridized carbons (Fsp3) is 0.692. The Morgan fingerprint density at radius 3 is 2.48 bits per heavy atom. The number of nitrogens with one attached hydrogen (secondary N) is 2. The van der Waals surface area contributed by atoms with Crippen molar-refractivity contribution in [2.75, 3.05) is 26.7 Å². The molecule has 0 spiro atoms. The first-order chi connectivity index (χ1) is 9.90. The number of amides is 5. The molecule has 0 bridgehead atoms. The summed E-state index contributed by atoms with van der Waals surface area (Å²) >= 11 is 0. The van der Waals surface area contributed by atoms with Crippen LogP contribution in [0.4, 0.5) is 4.79 Å². The van der Waals surface area contributed by atoms with Crippen LogP contribution in [0.1, 0.15) is 26.7 Å². The molecule has 0 saturated carbocycles. The second-order valence-electron chi connectivity index (χ2n) is 4.89. The van der Waals surface area contributed by atoms with E-state index in [-0.39, 0.29) is 24.8 Å². The zero-order valence-electron chi connectivity index (χ0n) is 12.6. The molecule has 1 atom stereocenters. The minimum atomic E-state index is -0.623. The standard InChI is InChI=1S/C13H22N4O4/c1-4-6-17(8-10(18)15-13(21)14-5-2)9-7-11(19)16(3)12(9)20/h9H,4-8H2,1-3H3,(H2,14,15,18,21)/t9-/m0/s1. The van der Waals surface area contributed by atoms with Crippen molar-refractivity contribution in [3.8, 4) is 0 Å². The van der Waals surface area contributed by atoms with E-state index >= 15 is 0 Å². The minimum Gasteiger partial charge on any atom is -0.338 e. The zero-order chi connectivity index (χ0) is 16.0. The highest BCUT2D eigenvalue weighted by Crippen LogP contribution is 2.17. The van der Waals surface area contributed by atoms with Gasteiger partial charge >= 0.3 is 6.03 Å². The molecule has 0 unspecified atom stereocenters. The SMILES string of the molecule is CCCN(CC(=O)NC(=O)NCC)[C@H]1CC(=O)N(C)C1=O. The second kappa shape index (κ2) is 7.72. The highest BCUT2D eigenvalue weighted by molar-refractivity contribution is 6.05. The molecular weight excluding hydrogens is 276 g/mol. The molecule has 21 heavy (non-hydrogen) atoms. The molecule has 1 rings (SSSR count). The van der Waals surface area contributed by atoms with Crippen LogP contribution in [0.3, 0.4) is 0 Å². The molecule has 0 aliphatic carbocycles. The molecule has 118 valence electrons. The lowest BCUT2D eigenvalue weighted by Crippen LogP contribution is -2.49. The van der Waals surface area contributed by atoms with Gasteiger partial charge in [-0.3, -0.25) is 29.5 Å². The molecule has 8 heteroatoms. The van der Waals surface area contributed by atoms with Gasteiger partial charge in [0, 0.05) is 13.6 Å². The minimum absolute atomic E-state index is 0.0732. The first-order valence-corrected chi connectivity index (χ1v) is 7.02. The van der Waals surface area contributed by atoms with Crippen molar-refractivity contribution in [2.24, 2.45) is 0 Å². The van der Waals surface area contributed by atoms with Crippen molar-refractivity contribution in [3.05, 3.63) is 0 Å².